The molecular formula is C7H15N5. The number of aromatic amines is 1. The lowest BCUT2D eigenvalue weighted by Crippen LogP contribution is -2.16. The maximum absolute atomic E-state index is 3.94. The third-order valence-corrected chi connectivity index (χ3v) is 1.48. The molecule has 0 aliphatic heterocycles. The molecule has 68 valence electrons. The van der Waals surface area contributed by atoms with Gasteiger partial charge in [-0.1, -0.05) is 0 Å². The van der Waals surface area contributed by atoms with Crippen LogP contribution in [-0.4, -0.2) is 47.3 Å². The largest absolute Gasteiger partial charge is 0.353 e. The summed E-state index contributed by atoms with van der Waals surface area (Å²) in [7, 11) is 4.12. The van der Waals surface area contributed by atoms with Crippen molar-refractivity contribution >= 4 is 5.95 Å². The van der Waals surface area contributed by atoms with E-state index in [0.29, 0.717) is 5.95 Å². The minimum atomic E-state index is 0.675. The van der Waals surface area contributed by atoms with Crippen LogP contribution in [0, 0.1) is 0 Å². The van der Waals surface area contributed by atoms with E-state index in [1.165, 1.54) is 0 Å². The fourth-order valence-electron chi connectivity index (χ4n) is 0.890. The standard InChI is InChI=1S/C7H15N5/c1-12(2)5-3-4-8-7-9-6-10-11-7/h6H,3-5H2,1-2H3,(H2,8,9,10,11). The quantitative estimate of drug-likeness (QED) is 0.617. The van der Waals surface area contributed by atoms with Crippen LogP contribution >= 0.6 is 0 Å². The number of nitrogens with one attached hydrogen (secondary N) is 2. The van der Waals surface area contributed by atoms with Crippen LogP contribution in [0.4, 0.5) is 5.95 Å². The molecular weight excluding hydrogens is 154 g/mol. The number of hydrogen-bond donors (Lipinski definition) is 2. The van der Waals surface area contributed by atoms with Gasteiger partial charge in [-0.15, -0.1) is 5.10 Å². The summed E-state index contributed by atoms with van der Waals surface area (Å²) >= 11 is 0. The van der Waals surface area contributed by atoms with Gasteiger partial charge < -0.3 is 10.2 Å². The van der Waals surface area contributed by atoms with Crippen LogP contribution in [-0.2, 0) is 0 Å². The molecule has 0 spiro atoms. The van der Waals surface area contributed by atoms with Crippen molar-refractivity contribution in [3.8, 4) is 0 Å². The highest BCUT2D eigenvalue weighted by molar-refractivity contribution is 5.19. The Hall–Kier alpha value is -1.10. The van der Waals surface area contributed by atoms with Crippen LogP contribution in [0.1, 0.15) is 6.42 Å². The third-order valence-electron chi connectivity index (χ3n) is 1.48. The fourth-order valence-corrected chi connectivity index (χ4v) is 0.890. The van der Waals surface area contributed by atoms with Gasteiger partial charge in [0.2, 0.25) is 5.95 Å². The number of rotatable bonds is 5. The van der Waals surface area contributed by atoms with Crippen molar-refractivity contribution in [2.75, 3.05) is 32.5 Å². The van der Waals surface area contributed by atoms with Gasteiger partial charge >= 0.3 is 0 Å². The molecule has 12 heavy (non-hydrogen) atoms. The van der Waals surface area contributed by atoms with Crippen molar-refractivity contribution in [3.63, 3.8) is 0 Å². The zero-order valence-electron chi connectivity index (χ0n) is 7.54. The SMILES string of the molecule is CN(C)CCCNc1nc[nH]n1. The molecule has 0 aliphatic carbocycles. The molecule has 0 atom stereocenters. The van der Waals surface area contributed by atoms with E-state index in [2.05, 4.69) is 39.5 Å². The smallest absolute Gasteiger partial charge is 0.241 e. The minimum absolute atomic E-state index is 0.675. The highest BCUT2D eigenvalue weighted by Crippen LogP contribution is 1.92. The normalized spacial score (nSPS) is 10.6. The van der Waals surface area contributed by atoms with E-state index in [9.17, 15) is 0 Å². The highest BCUT2D eigenvalue weighted by atomic mass is 15.3. The molecule has 1 heterocycles. The maximum Gasteiger partial charge on any atom is 0.241 e. The summed E-state index contributed by atoms with van der Waals surface area (Å²) in [5.41, 5.74) is 0. The van der Waals surface area contributed by atoms with Crippen LogP contribution in [0.5, 0.6) is 0 Å². The zero-order chi connectivity index (χ0) is 8.81. The average Bonchev–Trinajstić information content (AvgIpc) is 2.49. The van der Waals surface area contributed by atoms with E-state index in [-0.39, 0.29) is 0 Å². The van der Waals surface area contributed by atoms with Gasteiger partial charge in [0, 0.05) is 6.54 Å². The maximum atomic E-state index is 3.94. The Balaban J connectivity index is 2.04. The Morgan fingerprint density at radius 3 is 3.00 bits per heavy atom. The van der Waals surface area contributed by atoms with E-state index < -0.39 is 0 Å². The van der Waals surface area contributed by atoms with Gasteiger partial charge in [0.25, 0.3) is 0 Å². The summed E-state index contributed by atoms with van der Waals surface area (Å²) < 4.78 is 0. The average molecular weight is 169 g/mol. The predicted molar refractivity (Wildman–Crippen MR) is 48.0 cm³/mol. The van der Waals surface area contributed by atoms with Gasteiger partial charge in [0.1, 0.15) is 6.33 Å². The molecule has 0 bridgehead atoms. The first-order valence-electron chi connectivity index (χ1n) is 4.03. The molecule has 2 N–H and O–H groups in total. The Labute approximate surface area is 72.2 Å². The van der Waals surface area contributed by atoms with Gasteiger partial charge in [-0.3, -0.25) is 5.10 Å². The molecule has 0 unspecified atom stereocenters. The molecule has 1 aromatic rings. The fraction of sp³-hybridized carbons (Fsp3) is 0.714. The summed E-state index contributed by atoms with van der Waals surface area (Å²) in [6, 6.07) is 0. The topological polar surface area (TPSA) is 56.8 Å². The van der Waals surface area contributed by atoms with Crippen molar-refractivity contribution in [1.29, 1.82) is 0 Å². The van der Waals surface area contributed by atoms with E-state index in [0.717, 1.165) is 19.5 Å². The first-order chi connectivity index (χ1) is 5.79. The van der Waals surface area contributed by atoms with E-state index in [4.69, 9.17) is 0 Å². The van der Waals surface area contributed by atoms with Crippen molar-refractivity contribution in [2.45, 2.75) is 6.42 Å². The van der Waals surface area contributed by atoms with Crippen molar-refractivity contribution in [1.82, 2.24) is 20.1 Å². The number of hydrogen-bond acceptors (Lipinski definition) is 4. The van der Waals surface area contributed by atoms with E-state index in [1.807, 2.05) is 0 Å². The monoisotopic (exact) mass is 169 g/mol. The van der Waals surface area contributed by atoms with Crippen LogP contribution in [0.15, 0.2) is 6.33 Å². The third kappa shape index (κ3) is 3.34. The number of anilines is 1. The second-order valence-electron chi connectivity index (χ2n) is 2.91. The second-order valence-corrected chi connectivity index (χ2v) is 2.91. The van der Waals surface area contributed by atoms with Gasteiger partial charge in [-0.2, -0.15) is 0 Å². The summed E-state index contributed by atoms with van der Waals surface area (Å²) in [4.78, 5) is 6.09. The molecule has 0 saturated heterocycles. The van der Waals surface area contributed by atoms with Gasteiger partial charge in [0.05, 0.1) is 0 Å². The molecule has 0 aliphatic rings. The lowest BCUT2D eigenvalue weighted by atomic mass is 10.4. The summed E-state index contributed by atoms with van der Waals surface area (Å²) in [6.07, 6.45) is 2.66. The molecule has 1 aromatic heterocycles. The van der Waals surface area contributed by atoms with Gasteiger partial charge in [-0.25, -0.2) is 4.98 Å². The minimum Gasteiger partial charge on any atom is -0.353 e. The Morgan fingerprint density at radius 1 is 1.58 bits per heavy atom. The van der Waals surface area contributed by atoms with Crippen molar-refractivity contribution < 1.29 is 0 Å². The second kappa shape index (κ2) is 4.71. The molecule has 0 aromatic carbocycles. The van der Waals surface area contributed by atoms with Crippen LogP contribution in [0.2, 0.25) is 0 Å². The van der Waals surface area contributed by atoms with E-state index in [1.54, 1.807) is 6.33 Å². The molecule has 5 heteroatoms. The predicted octanol–water partition coefficient (Wildman–Crippen LogP) is 0.168. The molecule has 0 fully saturated rings. The molecule has 0 radical (unpaired) electrons. The van der Waals surface area contributed by atoms with Crippen molar-refractivity contribution in [3.05, 3.63) is 6.33 Å². The summed E-state index contributed by atoms with van der Waals surface area (Å²) in [5.74, 6) is 0.675. The summed E-state index contributed by atoms with van der Waals surface area (Å²) in [5, 5.41) is 9.62. The first kappa shape index (κ1) is 8.99. The van der Waals surface area contributed by atoms with Crippen molar-refractivity contribution in [2.24, 2.45) is 0 Å². The summed E-state index contributed by atoms with van der Waals surface area (Å²) in [6.45, 7) is 1.99. The van der Waals surface area contributed by atoms with Crippen LogP contribution < -0.4 is 5.32 Å². The molecule has 5 nitrogen and oxygen atoms in total. The van der Waals surface area contributed by atoms with E-state index >= 15 is 0 Å². The van der Waals surface area contributed by atoms with Gasteiger partial charge in [-0.05, 0) is 27.1 Å². The van der Waals surface area contributed by atoms with Crippen LogP contribution in [0.3, 0.4) is 0 Å². The Morgan fingerprint density at radius 2 is 2.42 bits per heavy atom. The molecule has 0 amide bonds. The zero-order valence-corrected chi connectivity index (χ0v) is 7.54. The number of aromatic nitrogens is 3. The number of nitrogens with zero attached hydrogens (tertiary/aromatic N) is 3. The van der Waals surface area contributed by atoms with Gasteiger partial charge in [0.15, 0.2) is 0 Å². The number of H-pyrrole nitrogens is 1. The Bertz CT molecular complexity index is 194. The highest BCUT2D eigenvalue weighted by Gasteiger charge is 1.94. The Kier molecular flexibility index (Phi) is 3.53. The van der Waals surface area contributed by atoms with Crippen LogP contribution in [0.25, 0.3) is 0 Å². The molecule has 1 rings (SSSR count). The lowest BCUT2D eigenvalue weighted by Gasteiger charge is -2.08. The molecule has 0 saturated carbocycles. The lowest BCUT2D eigenvalue weighted by molar-refractivity contribution is 0.405. The first-order valence-corrected chi connectivity index (χ1v) is 4.03.